The zero-order valence-electron chi connectivity index (χ0n) is 18.9. The summed E-state index contributed by atoms with van der Waals surface area (Å²) in [6.07, 6.45) is 9.38. The van der Waals surface area contributed by atoms with Gasteiger partial charge in [-0.3, -0.25) is 24.6 Å². The fourth-order valence-corrected chi connectivity index (χ4v) is 5.78. The average Bonchev–Trinajstić information content (AvgIpc) is 3.38. The van der Waals surface area contributed by atoms with Gasteiger partial charge in [0.05, 0.1) is 0 Å². The SMILES string of the molecule is O=C1CCC(N2Cc3cc(O[C@@H]4CCC[C@H]4N4CC(c5cncnc5)C4)ccc3C2=O)C(=O)N1. The number of piperidine rings is 1. The zero-order valence-corrected chi connectivity index (χ0v) is 18.9. The molecule has 1 aromatic carbocycles. The summed E-state index contributed by atoms with van der Waals surface area (Å²) in [5, 5.41) is 2.35. The first-order chi connectivity index (χ1) is 16.6. The highest BCUT2D eigenvalue weighted by molar-refractivity contribution is 6.05. The number of ether oxygens (including phenoxy) is 1. The molecule has 9 nitrogen and oxygen atoms in total. The molecule has 1 saturated carbocycles. The number of likely N-dealkylation sites (tertiary alicyclic amines) is 1. The maximum atomic E-state index is 12.9. The van der Waals surface area contributed by atoms with E-state index in [-0.39, 0.29) is 24.3 Å². The standard InChI is InChI=1S/C25H27N5O4/c31-23-7-6-21(24(32)28-23)30-13-15-8-18(4-5-19(15)25(30)33)34-22-3-1-2-20(22)29-11-17(12-29)16-9-26-14-27-10-16/h4-5,8-10,14,17,20-22H,1-3,6-7,11-13H2,(H,28,31,32)/t20-,21?,22-/m1/s1. The Morgan fingerprint density at radius 3 is 2.65 bits per heavy atom. The Morgan fingerprint density at radius 2 is 1.85 bits per heavy atom. The molecule has 1 N–H and O–H groups in total. The van der Waals surface area contributed by atoms with E-state index in [1.807, 2.05) is 24.5 Å². The number of benzene rings is 1. The maximum absolute atomic E-state index is 12.9. The molecular weight excluding hydrogens is 434 g/mol. The van der Waals surface area contributed by atoms with Crippen molar-refractivity contribution in [1.82, 2.24) is 25.1 Å². The molecule has 4 heterocycles. The van der Waals surface area contributed by atoms with Gasteiger partial charge in [0.1, 0.15) is 24.2 Å². The molecule has 1 aliphatic carbocycles. The summed E-state index contributed by atoms with van der Waals surface area (Å²) in [6, 6.07) is 5.39. The second-order valence-electron chi connectivity index (χ2n) is 9.70. The van der Waals surface area contributed by atoms with Crippen LogP contribution in [0, 0.1) is 0 Å². The fourth-order valence-electron chi connectivity index (χ4n) is 5.78. The third-order valence-electron chi connectivity index (χ3n) is 7.63. The summed E-state index contributed by atoms with van der Waals surface area (Å²) >= 11 is 0. The smallest absolute Gasteiger partial charge is 0.255 e. The van der Waals surface area contributed by atoms with Crippen LogP contribution in [0.4, 0.5) is 0 Å². The van der Waals surface area contributed by atoms with Gasteiger partial charge in [-0.1, -0.05) is 0 Å². The number of imide groups is 1. The third kappa shape index (κ3) is 3.73. The number of hydrogen-bond acceptors (Lipinski definition) is 7. The number of amides is 3. The lowest BCUT2D eigenvalue weighted by atomic mass is 9.91. The maximum Gasteiger partial charge on any atom is 0.255 e. The van der Waals surface area contributed by atoms with E-state index < -0.39 is 11.9 Å². The lowest BCUT2D eigenvalue weighted by molar-refractivity contribution is -0.136. The van der Waals surface area contributed by atoms with Gasteiger partial charge in [-0.25, -0.2) is 9.97 Å². The average molecular weight is 462 g/mol. The molecule has 3 amide bonds. The largest absolute Gasteiger partial charge is 0.489 e. The van der Waals surface area contributed by atoms with Gasteiger partial charge in [0.2, 0.25) is 11.8 Å². The second-order valence-corrected chi connectivity index (χ2v) is 9.70. The van der Waals surface area contributed by atoms with Crippen LogP contribution >= 0.6 is 0 Å². The van der Waals surface area contributed by atoms with Crippen LogP contribution in [0.2, 0.25) is 0 Å². The third-order valence-corrected chi connectivity index (χ3v) is 7.63. The topological polar surface area (TPSA) is 105 Å². The van der Waals surface area contributed by atoms with Crippen LogP contribution in [-0.4, -0.2) is 68.8 Å². The van der Waals surface area contributed by atoms with Crippen molar-refractivity contribution >= 4 is 17.7 Å². The summed E-state index contributed by atoms with van der Waals surface area (Å²) in [4.78, 5) is 49.0. The Bertz CT molecular complexity index is 1130. The normalized spacial score (nSPS) is 27.5. The summed E-state index contributed by atoms with van der Waals surface area (Å²) in [7, 11) is 0. The molecule has 1 aromatic heterocycles. The van der Waals surface area contributed by atoms with Crippen molar-refractivity contribution in [2.24, 2.45) is 0 Å². The van der Waals surface area contributed by atoms with Gasteiger partial charge in [-0.2, -0.15) is 0 Å². The van der Waals surface area contributed by atoms with Crippen LogP contribution in [-0.2, 0) is 16.1 Å². The van der Waals surface area contributed by atoms with Gasteiger partial charge in [0.15, 0.2) is 0 Å². The molecule has 1 unspecified atom stereocenters. The number of hydrogen-bond donors (Lipinski definition) is 1. The van der Waals surface area contributed by atoms with Crippen LogP contribution in [0.25, 0.3) is 0 Å². The predicted octanol–water partition coefficient (Wildman–Crippen LogP) is 1.64. The number of aromatic nitrogens is 2. The minimum atomic E-state index is -0.601. The lowest BCUT2D eigenvalue weighted by Gasteiger charge is -2.45. The molecule has 3 atom stereocenters. The molecule has 0 radical (unpaired) electrons. The van der Waals surface area contributed by atoms with Crippen LogP contribution < -0.4 is 10.1 Å². The minimum Gasteiger partial charge on any atom is -0.489 e. The van der Waals surface area contributed by atoms with Crippen LogP contribution in [0.15, 0.2) is 36.9 Å². The molecule has 34 heavy (non-hydrogen) atoms. The predicted molar refractivity (Wildman–Crippen MR) is 121 cm³/mol. The molecular formula is C25H27N5O4. The monoisotopic (exact) mass is 461 g/mol. The molecule has 0 bridgehead atoms. The second kappa shape index (κ2) is 8.47. The molecule has 176 valence electrons. The van der Waals surface area contributed by atoms with E-state index in [2.05, 4.69) is 20.2 Å². The Balaban J connectivity index is 1.11. The number of nitrogens with one attached hydrogen (secondary N) is 1. The number of carbonyl (C=O) groups excluding carboxylic acids is 3. The van der Waals surface area contributed by atoms with Gasteiger partial charge >= 0.3 is 0 Å². The van der Waals surface area contributed by atoms with Crippen molar-refractivity contribution in [2.75, 3.05) is 13.1 Å². The van der Waals surface area contributed by atoms with E-state index in [4.69, 9.17) is 4.74 Å². The fraction of sp³-hybridized carbons (Fsp3) is 0.480. The summed E-state index contributed by atoms with van der Waals surface area (Å²) in [5.41, 5.74) is 2.67. The van der Waals surface area contributed by atoms with E-state index in [9.17, 15) is 14.4 Å². The van der Waals surface area contributed by atoms with Crippen LogP contribution in [0.5, 0.6) is 5.75 Å². The summed E-state index contributed by atoms with van der Waals surface area (Å²) in [5.74, 6) is 0.413. The Morgan fingerprint density at radius 1 is 1.03 bits per heavy atom. The molecule has 3 aliphatic heterocycles. The van der Waals surface area contributed by atoms with Gasteiger partial charge in [-0.05, 0) is 55.0 Å². The molecule has 2 aromatic rings. The van der Waals surface area contributed by atoms with Gasteiger partial charge < -0.3 is 9.64 Å². The van der Waals surface area contributed by atoms with Crippen molar-refractivity contribution in [3.05, 3.63) is 53.6 Å². The Hall–Kier alpha value is -3.33. The molecule has 0 spiro atoms. The van der Waals surface area contributed by atoms with Gasteiger partial charge in [0.25, 0.3) is 5.91 Å². The van der Waals surface area contributed by atoms with Gasteiger partial charge in [-0.15, -0.1) is 0 Å². The van der Waals surface area contributed by atoms with Crippen molar-refractivity contribution in [2.45, 2.75) is 62.8 Å². The number of carbonyl (C=O) groups is 3. The number of fused-ring (bicyclic) bond motifs is 1. The zero-order chi connectivity index (χ0) is 23.2. The Labute approximate surface area is 197 Å². The van der Waals surface area contributed by atoms with E-state index in [0.717, 1.165) is 43.7 Å². The molecule has 3 fully saturated rings. The Kier molecular flexibility index (Phi) is 5.28. The van der Waals surface area contributed by atoms with Crippen molar-refractivity contribution < 1.29 is 19.1 Å². The van der Waals surface area contributed by atoms with Crippen molar-refractivity contribution in [3.63, 3.8) is 0 Å². The van der Waals surface area contributed by atoms with E-state index in [1.165, 1.54) is 5.56 Å². The first-order valence-corrected chi connectivity index (χ1v) is 12.0. The minimum absolute atomic E-state index is 0.120. The molecule has 4 aliphatic rings. The molecule has 6 rings (SSSR count). The van der Waals surface area contributed by atoms with Crippen molar-refractivity contribution in [3.8, 4) is 5.75 Å². The van der Waals surface area contributed by atoms with Crippen LogP contribution in [0.1, 0.15) is 59.5 Å². The highest BCUT2D eigenvalue weighted by atomic mass is 16.5. The molecule has 9 heteroatoms. The highest BCUT2D eigenvalue weighted by Gasteiger charge is 2.42. The molecule has 2 saturated heterocycles. The summed E-state index contributed by atoms with van der Waals surface area (Å²) in [6.45, 7) is 2.35. The number of nitrogens with zero attached hydrogens (tertiary/aromatic N) is 4. The first-order valence-electron chi connectivity index (χ1n) is 12.0. The number of rotatable bonds is 5. The van der Waals surface area contributed by atoms with E-state index in [1.54, 1.807) is 17.3 Å². The quantitative estimate of drug-likeness (QED) is 0.675. The van der Waals surface area contributed by atoms with E-state index >= 15 is 0 Å². The summed E-state index contributed by atoms with van der Waals surface area (Å²) < 4.78 is 6.44. The highest BCUT2D eigenvalue weighted by Crippen LogP contribution is 2.37. The van der Waals surface area contributed by atoms with Gasteiger partial charge in [0, 0.05) is 56.0 Å². The van der Waals surface area contributed by atoms with E-state index in [0.29, 0.717) is 30.5 Å². The van der Waals surface area contributed by atoms with Crippen LogP contribution in [0.3, 0.4) is 0 Å². The first kappa shape index (κ1) is 21.2. The lowest BCUT2D eigenvalue weighted by Crippen LogP contribution is -2.54. The van der Waals surface area contributed by atoms with Crippen molar-refractivity contribution in [1.29, 1.82) is 0 Å².